The predicted octanol–water partition coefficient (Wildman–Crippen LogP) is 13.5. The van der Waals surface area contributed by atoms with Gasteiger partial charge in [0.25, 0.3) is 0 Å². The molecule has 0 amide bonds. The van der Waals surface area contributed by atoms with Crippen LogP contribution in [0.5, 0.6) is 0 Å². The van der Waals surface area contributed by atoms with Crippen molar-refractivity contribution in [3.8, 4) is 5.69 Å². The number of rotatable bonds is 5. The number of fused-ring (bicyclic) bond motifs is 13. The summed E-state index contributed by atoms with van der Waals surface area (Å²) in [6, 6.07) is 59.3. The molecule has 12 rings (SSSR count). The van der Waals surface area contributed by atoms with E-state index in [-0.39, 0.29) is 0 Å². The predicted molar refractivity (Wildman–Crippen MR) is 236 cm³/mol. The summed E-state index contributed by atoms with van der Waals surface area (Å²) in [5.41, 5.74) is 9.57. The Morgan fingerprint density at radius 3 is 2.00 bits per heavy atom. The van der Waals surface area contributed by atoms with Crippen LogP contribution in [0, 0.1) is 0 Å². The van der Waals surface area contributed by atoms with Gasteiger partial charge in [-0.15, -0.1) is 0 Å². The Kier molecular flexibility index (Phi) is 6.74. The van der Waals surface area contributed by atoms with E-state index in [1.54, 1.807) is 0 Å². The Labute approximate surface area is 325 Å². The van der Waals surface area contributed by atoms with E-state index in [9.17, 15) is 0 Å². The summed E-state index contributed by atoms with van der Waals surface area (Å²) in [5.74, 6) is 1.22. The lowest BCUT2D eigenvalue weighted by molar-refractivity contribution is 0.602. The van der Waals surface area contributed by atoms with Crippen LogP contribution in [0.2, 0.25) is 0 Å². The highest BCUT2D eigenvalue weighted by molar-refractivity contribution is 6.31. The van der Waals surface area contributed by atoms with E-state index in [4.69, 9.17) is 18.8 Å². The molecule has 0 fully saturated rings. The molecular weight excluding hydrogens is 701 g/mol. The highest BCUT2D eigenvalue weighted by Gasteiger charge is 2.27. The van der Waals surface area contributed by atoms with Gasteiger partial charge >= 0.3 is 0 Å². The summed E-state index contributed by atoms with van der Waals surface area (Å²) in [5, 5.41) is 9.92. The SMILES string of the molecule is C=Nc1c(/C(=N\Cc2ccc3c(c2)oc2ccccc23)n2c3ccccc3c3c4c5ccccc5n(-c5ccccc5)c4ccc32)oc2ccc3ccccc3c12. The molecule has 0 atom stereocenters. The Morgan fingerprint density at radius 1 is 0.491 bits per heavy atom. The molecule has 6 heteroatoms. The maximum absolute atomic E-state index is 6.89. The summed E-state index contributed by atoms with van der Waals surface area (Å²) in [6.45, 7) is 4.47. The number of nitrogens with zero attached hydrogens (tertiary/aromatic N) is 4. The Hall–Kier alpha value is -7.70. The first-order chi connectivity index (χ1) is 28.2. The highest BCUT2D eigenvalue weighted by atomic mass is 16.3. The molecule has 0 saturated carbocycles. The molecule has 0 aliphatic heterocycles. The number of benzene rings is 8. The van der Waals surface area contributed by atoms with E-state index >= 15 is 0 Å². The van der Waals surface area contributed by atoms with E-state index in [2.05, 4.69) is 161 Å². The van der Waals surface area contributed by atoms with Crippen LogP contribution in [0.3, 0.4) is 0 Å². The molecule has 57 heavy (non-hydrogen) atoms. The van der Waals surface area contributed by atoms with Gasteiger partial charge in [0.2, 0.25) is 0 Å². The zero-order valence-corrected chi connectivity index (χ0v) is 30.7. The first-order valence-electron chi connectivity index (χ1n) is 19.1. The monoisotopic (exact) mass is 732 g/mol. The summed E-state index contributed by atoms with van der Waals surface area (Å²) >= 11 is 0. The first kappa shape index (κ1) is 31.6. The van der Waals surface area contributed by atoms with Crippen LogP contribution >= 0.6 is 0 Å². The van der Waals surface area contributed by atoms with Gasteiger partial charge in [0.1, 0.15) is 22.4 Å². The number of hydrogen-bond acceptors (Lipinski definition) is 4. The van der Waals surface area contributed by atoms with Gasteiger partial charge in [0.15, 0.2) is 11.6 Å². The molecular formula is C51H32N4O2. The topological polar surface area (TPSA) is 60.9 Å². The number of aromatic nitrogens is 2. The lowest BCUT2D eigenvalue weighted by Crippen LogP contribution is -2.13. The number of hydrogen-bond donors (Lipinski definition) is 0. The van der Waals surface area contributed by atoms with Crippen LogP contribution in [-0.4, -0.2) is 21.7 Å². The van der Waals surface area contributed by atoms with Crippen molar-refractivity contribution in [1.29, 1.82) is 0 Å². The van der Waals surface area contributed by atoms with Crippen molar-refractivity contribution >= 4 is 106 Å². The number of aliphatic imine (C=N–C) groups is 2. The van der Waals surface area contributed by atoms with Crippen LogP contribution in [0.4, 0.5) is 5.69 Å². The van der Waals surface area contributed by atoms with Crippen molar-refractivity contribution in [1.82, 2.24) is 9.13 Å². The van der Waals surface area contributed by atoms with Crippen LogP contribution in [-0.2, 0) is 6.54 Å². The largest absolute Gasteiger partial charge is 0.456 e. The van der Waals surface area contributed by atoms with Crippen LogP contribution in [0.15, 0.2) is 189 Å². The van der Waals surface area contributed by atoms with Gasteiger partial charge in [-0.3, -0.25) is 14.6 Å². The van der Waals surface area contributed by atoms with Gasteiger partial charge in [0, 0.05) is 38.0 Å². The first-order valence-corrected chi connectivity index (χ1v) is 19.1. The summed E-state index contributed by atoms with van der Waals surface area (Å²) in [4.78, 5) is 10.2. The molecule has 6 nitrogen and oxygen atoms in total. The molecule has 268 valence electrons. The second-order valence-electron chi connectivity index (χ2n) is 14.6. The highest BCUT2D eigenvalue weighted by Crippen LogP contribution is 2.44. The fourth-order valence-corrected chi connectivity index (χ4v) is 9.04. The molecule has 0 N–H and O–H groups in total. The van der Waals surface area contributed by atoms with Gasteiger partial charge < -0.3 is 13.4 Å². The fraction of sp³-hybridized carbons (Fsp3) is 0.0196. The summed E-state index contributed by atoms with van der Waals surface area (Å²) in [6.07, 6.45) is 0. The minimum absolute atomic E-state index is 0.375. The average molecular weight is 733 g/mol. The fourth-order valence-electron chi connectivity index (χ4n) is 9.04. The molecule has 4 aromatic heterocycles. The molecule has 0 aliphatic carbocycles. The van der Waals surface area contributed by atoms with E-state index in [1.165, 1.54) is 10.8 Å². The molecule has 0 unspecified atom stereocenters. The third-order valence-corrected chi connectivity index (χ3v) is 11.5. The maximum Gasteiger partial charge on any atom is 0.196 e. The lowest BCUT2D eigenvalue weighted by Gasteiger charge is -2.12. The van der Waals surface area contributed by atoms with Gasteiger partial charge in [0.05, 0.1) is 34.0 Å². The van der Waals surface area contributed by atoms with Gasteiger partial charge in [-0.1, -0.05) is 115 Å². The van der Waals surface area contributed by atoms with Crippen LogP contribution in [0.25, 0.3) is 93.0 Å². The molecule has 0 radical (unpaired) electrons. The lowest BCUT2D eigenvalue weighted by atomic mass is 10.1. The quantitative estimate of drug-likeness (QED) is 0.131. The second kappa shape index (κ2) is 12.2. The standard InChI is InChI=1S/C51H32N4O2/c1-52-49-48-34-16-6-5-13-32(34)24-28-44(48)57-50(49)51(53-30-31-23-25-36-35-17-9-12-22-43(35)56-45(36)29-31)55-40-21-11-8-19-38(40)47-42(55)27-26-41-46(47)37-18-7-10-20-39(37)54(41)33-14-3-2-4-15-33/h2-29H,1,30H2/b53-51+. The smallest absolute Gasteiger partial charge is 0.196 e. The molecule has 12 aromatic rings. The van der Waals surface area contributed by atoms with Crippen molar-refractivity contribution in [2.45, 2.75) is 6.54 Å². The zero-order valence-electron chi connectivity index (χ0n) is 30.7. The molecule has 0 aliphatic rings. The van der Waals surface area contributed by atoms with Crippen LogP contribution in [0.1, 0.15) is 11.3 Å². The Balaban J connectivity index is 1.17. The van der Waals surface area contributed by atoms with Crippen molar-refractivity contribution in [2.75, 3.05) is 0 Å². The molecule has 4 heterocycles. The number of para-hydroxylation sites is 4. The Bertz CT molecular complexity index is 3630. The maximum atomic E-state index is 6.89. The molecule has 8 aromatic carbocycles. The second-order valence-corrected chi connectivity index (χ2v) is 14.6. The van der Waals surface area contributed by atoms with Gasteiger partial charge in [-0.05, 0) is 77.7 Å². The van der Waals surface area contributed by atoms with Crippen molar-refractivity contribution in [2.24, 2.45) is 9.98 Å². The normalized spacial score (nSPS) is 12.5. The van der Waals surface area contributed by atoms with E-state index in [0.717, 1.165) is 87.8 Å². The minimum Gasteiger partial charge on any atom is -0.456 e. The molecule has 0 bridgehead atoms. The molecule has 0 saturated heterocycles. The zero-order chi connectivity index (χ0) is 37.6. The Morgan fingerprint density at radius 2 is 1.16 bits per heavy atom. The number of furan rings is 2. The van der Waals surface area contributed by atoms with Gasteiger partial charge in [-0.2, -0.15) is 0 Å². The van der Waals surface area contributed by atoms with E-state index in [1.807, 2.05) is 24.3 Å². The molecule has 0 spiro atoms. The minimum atomic E-state index is 0.375. The van der Waals surface area contributed by atoms with E-state index < -0.39 is 0 Å². The van der Waals surface area contributed by atoms with Crippen molar-refractivity contribution in [3.05, 3.63) is 181 Å². The summed E-state index contributed by atoms with van der Waals surface area (Å²) < 4.78 is 17.8. The van der Waals surface area contributed by atoms with E-state index in [0.29, 0.717) is 23.8 Å². The third kappa shape index (κ3) is 4.58. The summed E-state index contributed by atoms with van der Waals surface area (Å²) in [7, 11) is 0. The third-order valence-electron chi connectivity index (χ3n) is 11.5. The van der Waals surface area contributed by atoms with Crippen LogP contribution < -0.4 is 0 Å². The van der Waals surface area contributed by atoms with Gasteiger partial charge in [-0.25, -0.2) is 0 Å². The van der Waals surface area contributed by atoms with Crippen molar-refractivity contribution < 1.29 is 8.83 Å². The van der Waals surface area contributed by atoms with Crippen molar-refractivity contribution in [3.63, 3.8) is 0 Å². The average Bonchev–Trinajstić information content (AvgIpc) is 4.02.